The average molecular weight is 293 g/mol. The van der Waals surface area contributed by atoms with E-state index in [0.29, 0.717) is 5.54 Å². The van der Waals surface area contributed by atoms with Crippen LogP contribution in [0.5, 0.6) is 0 Å². The van der Waals surface area contributed by atoms with Gasteiger partial charge in [-0.25, -0.2) is 0 Å². The largest absolute Gasteiger partial charge is 0.311 e. The van der Waals surface area contributed by atoms with E-state index in [1.807, 2.05) is 0 Å². The smallest absolute Gasteiger partial charge is 0.0334 e. The van der Waals surface area contributed by atoms with E-state index in [4.69, 9.17) is 0 Å². The first kappa shape index (κ1) is 15.8. The zero-order valence-corrected chi connectivity index (χ0v) is 14.4. The van der Waals surface area contributed by atoms with Crippen LogP contribution in [0.3, 0.4) is 0 Å². The summed E-state index contributed by atoms with van der Waals surface area (Å²) in [5.74, 6) is 1.80. The van der Waals surface area contributed by atoms with Crippen LogP contribution in [0.2, 0.25) is 0 Å². The number of rotatable bonds is 4. The van der Waals surface area contributed by atoms with E-state index >= 15 is 0 Å². The molecule has 1 N–H and O–H groups in total. The van der Waals surface area contributed by atoms with Gasteiger partial charge >= 0.3 is 0 Å². The first-order chi connectivity index (χ1) is 10.2. The number of nitrogens with one attached hydrogen (secondary N) is 1. The van der Waals surface area contributed by atoms with Gasteiger partial charge in [-0.3, -0.25) is 4.90 Å². The standard InChI is InChI=1S/C19H36N2/c1-16(2)10-13-21-14-18(17-8-4-3-5-9-17)20-15-19(21)11-6-7-12-19/h16-18,20H,3-15H2,1-2H3. The summed E-state index contributed by atoms with van der Waals surface area (Å²) in [5, 5.41) is 4.00. The Morgan fingerprint density at radius 3 is 2.43 bits per heavy atom. The molecule has 0 aromatic heterocycles. The van der Waals surface area contributed by atoms with Gasteiger partial charge in [0.05, 0.1) is 0 Å². The van der Waals surface area contributed by atoms with Gasteiger partial charge in [0.25, 0.3) is 0 Å². The second kappa shape index (κ2) is 7.00. The van der Waals surface area contributed by atoms with E-state index in [1.165, 1.54) is 83.8 Å². The normalized spacial score (nSPS) is 31.3. The molecule has 0 aromatic rings. The van der Waals surface area contributed by atoms with Gasteiger partial charge in [-0.05, 0) is 50.5 Å². The number of nitrogens with zero attached hydrogens (tertiary/aromatic N) is 1. The molecule has 0 aromatic carbocycles. The summed E-state index contributed by atoms with van der Waals surface area (Å²) in [5.41, 5.74) is 0.528. The van der Waals surface area contributed by atoms with Crippen LogP contribution < -0.4 is 5.32 Å². The van der Waals surface area contributed by atoms with Crippen LogP contribution in [0.25, 0.3) is 0 Å². The second-order valence-corrected chi connectivity index (χ2v) is 8.45. The van der Waals surface area contributed by atoms with Crippen LogP contribution in [-0.2, 0) is 0 Å². The van der Waals surface area contributed by atoms with Crippen LogP contribution in [0, 0.1) is 11.8 Å². The molecule has 122 valence electrons. The Bertz CT molecular complexity index is 314. The van der Waals surface area contributed by atoms with Crippen molar-refractivity contribution in [1.82, 2.24) is 10.2 Å². The van der Waals surface area contributed by atoms with Gasteiger partial charge in [0.15, 0.2) is 0 Å². The van der Waals surface area contributed by atoms with E-state index in [0.717, 1.165) is 17.9 Å². The van der Waals surface area contributed by atoms with Crippen molar-refractivity contribution in [3.63, 3.8) is 0 Å². The van der Waals surface area contributed by atoms with Crippen molar-refractivity contribution in [2.75, 3.05) is 19.6 Å². The Kier molecular flexibility index (Phi) is 5.27. The zero-order chi connectivity index (χ0) is 14.7. The van der Waals surface area contributed by atoms with Gasteiger partial charge in [0, 0.05) is 24.7 Å². The Morgan fingerprint density at radius 2 is 1.76 bits per heavy atom. The van der Waals surface area contributed by atoms with Crippen LogP contribution in [0.4, 0.5) is 0 Å². The first-order valence-electron chi connectivity index (χ1n) is 9.68. The average Bonchev–Trinajstić information content (AvgIpc) is 2.96. The highest BCUT2D eigenvalue weighted by molar-refractivity contribution is 5.03. The van der Waals surface area contributed by atoms with Crippen molar-refractivity contribution in [2.24, 2.45) is 11.8 Å². The van der Waals surface area contributed by atoms with Crippen molar-refractivity contribution < 1.29 is 0 Å². The molecule has 2 aliphatic carbocycles. The van der Waals surface area contributed by atoms with Crippen LogP contribution >= 0.6 is 0 Å². The van der Waals surface area contributed by atoms with Gasteiger partial charge in [0.2, 0.25) is 0 Å². The lowest BCUT2D eigenvalue weighted by molar-refractivity contribution is 0.0212. The second-order valence-electron chi connectivity index (χ2n) is 8.45. The molecule has 0 amide bonds. The van der Waals surface area contributed by atoms with E-state index in [9.17, 15) is 0 Å². The van der Waals surface area contributed by atoms with Crippen molar-refractivity contribution in [3.05, 3.63) is 0 Å². The highest BCUT2D eigenvalue weighted by Crippen LogP contribution is 2.39. The third kappa shape index (κ3) is 3.64. The lowest BCUT2D eigenvalue weighted by atomic mass is 9.80. The van der Waals surface area contributed by atoms with Crippen LogP contribution in [0.1, 0.15) is 78.1 Å². The Balaban J connectivity index is 1.63. The van der Waals surface area contributed by atoms with Gasteiger partial charge in [-0.1, -0.05) is 46.0 Å². The molecule has 3 fully saturated rings. The molecule has 2 saturated carbocycles. The minimum atomic E-state index is 0.528. The first-order valence-corrected chi connectivity index (χ1v) is 9.68. The third-order valence-electron chi connectivity index (χ3n) is 6.51. The van der Waals surface area contributed by atoms with Gasteiger partial charge in [-0.15, -0.1) is 0 Å². The van der Waals surface area contributed by atoms with Crippen LogP contribution in [0.15, 0.2) is 0 Å². The topological polar surface area (TPSA) is 15.3 Å². The maximum absolute atomic E-state index is 4.00. The van der Waals surface area contributed by atoms with E-state index in [2.05, 4.69) is 24.1 Å². The van der Waals surface area contributed by atoms with Gasteiger partial charge in [0.1, 0.15) is 0 Å². The van der Waals surface area contributed by atoms with Crippen molar-refractivity contribution in [1.29, 1.82) is 0 Å². The molecular formula is C19H36N2. The summed E-state index contributed by atoms with van der Waals surface area (Å²) < 4.78 is 0. The fraction of sp³-hybridized carbons (Fsp3) is 1.00. The molecule has 1 atom stereocenters. The number of hydrogen-bond donors (Lipinski definition) is 1. The van der Waals surface area contributed by atoms with Crippen molar-refractivity contribution in [3.8, 4) is 0 Å². The lowest BCUT2D eigenvalue weighted by Crippen LogP contribution is -2.65. The summed E-state index contributed by atoms with van der Waals surface area (Å²) in [6.07, 6.45) is 14.5. The monoisotopic (exact) mass is 292 g/mol. The molecule has 1 unspecified atom stereocenters. The van der Waals surface area contributed by atoms with Crippen molar-refractivity contribution >= 4 is 0 Å². The SMILES string of the molecule is CC(C)CCN1CC(C2CCCCC2)NCC12CCCC2. The van der Waals surface area contributed by atoms with Gasteiger partial charge in [-0.2, -0.15) is 0 Å². The molecule has 0 radical (unpaired) electrons. The quantitative estimate of drug-likeness (QED) is 0.835. The predicted molar refractivity (Wildman–Crippen MR) is 90.6 cm³/mol. The Labute approximate surface area is 132 Å². The molecule has 2 nitrogen and oxygen atoms in total. The van der Waals surface area contributed by atoms with Crippen molar-refractivity contribution in [2.45, 2.75) is 89.6 Å². The molecular weight excluding hydrogens is 256 g/mol. The lowest BCUT2D eigenvalue weighted by Gasteiger charge is -2.50. The Hall–Kier alpha value is -0.0800. The minimum absolute atomic E-state index is 0.528. The molecule has 0 bridgehead atoms. The summed E-state index contributed by atoms with van der Waals surface area (Å²) in [4.78, 5) is 2.93. The number of piperazine rings is 1. The van der Waals surface area contributed by atoms with E-state index < -0.39 is 0 Å². The molecule has 1 heterocycles. The Morgan fingerprint density at radius 1 is 1.05 bits per heavy atom. The molecule has 1 aliphatic heterocycles. The minimum Gasteiger partial charge on any atom is -0.311 e. The fourth-order valence-electron chi connectivity index (χ4n) is 5.05. The molecule has 3 rings (SSSR count). The third-order valence-corrected chi connectivity index (χ3v) is 6.51. The maximum atomic E-state index is 4.00. The summed E-state index contributed by atoms with van der Waals surface area (Å²) in [6, 6.07) is 0.781. The fourth-order valence-corrected chi connectivity index (χ4v) is 5.05. The molecule has 21 heavy (non-hydrogen) atoms. The summed E-state index contributed by atoms with van der Waals surface area (Å²) >= 11 is 0. The summed E-state index contributed by atoms with van der Waals surface area (Å²) in [6.45, 7) is 8.69. The summed E-state index contributed by atoms with van der Waals surface area (Å²) in [7, 11) is 0. The zero-order valence-electron chi connectivity index (χ0n) is 14.4. The maximum Gasteiger partial charge on any atom is 0.0334 e. The van der Waals surface area contributed by atoms with E-state index in [1.54, 1.807) is 0 Å². The molecule has 2 heteroatoms. The van der Waals surface area contributed by atoms with E-state index in [-0.39, 0.29) is 0 Å². The molecule has 3 aliphatic rings. The number of hydrogen-bond acceptors (Lipinski definition) is 2. The highest BCUT2D eigenvalue weighted by atomic mass is 15.3. The molecule has 1 saturated heterocycles. The highest BCUT2D eigenvalue weighted by Gasteiger charge is 2.44. The predicted octanol–water partition coefficient (Wildman–Crippen LogP) is 4.20. The van der Waals surface area contributed by atoms with Crippen LogP contribution in [-0.4, -0.2) is 36.1 Å². The van der Waals surface area contributed by atoms with Gasteiger partial charge < -0.3 is 5.32 Å². The molecule has 1 spiro atoms.